The van der Waals surface area contributed by atoms with Crippen molar-refractivity contribution >= 4 is 12.2 Å². The lowest BCUT2D eigenvalue weighted by Crippen LogP contribution is -2.07. The van der Waals surface area contributed by atoms with Crippen LogP contribution in [0.3, 0.4) is 0 Å². The lowest BCUT2D eigenvalue weighted by molar-refractivity contribution is 0.686. The van der Waals surface area contributed by atoms with Gasteiger partial charge in [-0.3, -0.25) is 14.6 Å². The molecule has 2 aromatic heterocycles. The van der Waals surface area contributed by atoms with Gasteiger partial charge in [-0.2, -0.15) is 5.10 Å². The highest BCUT2D eigenvalue weighted by Crippen LogP contribution is 2.06. The summed E-state index contributed by atoms with van der Waals surface area (Å²) < 4.78 is 2.68. The minimum Gasteiger partial charge on any atom is -0.298 e. The van der Waals surface area contributed by atoms with E-state index in [0.29, 0.717) is 11.3 Å². The molecule has 0 aliphatic carbocycles. The van der Waals surface area contributed by atoms with Gasteiger partial charge in [-0.25, -0.2) is 0 Å². The van der Waals surface area contributed by atoms with Gasteiger partial charge in [0.15, 0.2) is 4.77 Å². The van der Waals surface area contributed by atoms with Gasteiger partial charge in [0.2, 0.25) is 0 Å². The summed E-state index contributed by atoms with van der Waals surface area (Å²) in [5.41, 5.74) is 2.04. The number of H-pyrrole nitrogens is 1. The molecule has 0 radical (unpaired) electrons. The second-order valence-corrected chi connectivity index (χ2v) is 4.44. The Morgan fingerprint density at radius 1 is 1.41 bits per heavy atom. The molecule has 0 aliphatic heterocycles. The highest BCUT2D eigenvalue weighted by molar-refractivity contribution is 7.71. The van der Waals surface area contributed by atoms with Gasteiger partial charge in [0.1, 0.15) is 5.82 Å². The van der Waals surface area contributed by atoms with E-state index in [9.17, 15) is 0 Å². The summed E-state index contributed by atoms with van der Waals surface area (Å²) in [4.78, 5) is 4.48. The van der Waals surface area contributed by atoms with E-state index in [-0.39, 0.29) is 0 Å². The highest BCUT2D eigenvalue weighted by Gasteiger charge is 2.06. The average molecular weight is 248 g/mol. The average Bonchev–Trinajstić information content (AvgIpc) is 2.62. The van der Waals surface area contributed by atoms with Crippen LogP contribution in [-0.4, -0.2) is 19.7 Å². The number of aromatic nitrogens is 4. The van der Waals surface area contributed by atoms with Crippen molar-refractivity contribution in [3.8, 4) is 0 Å². The molecule has 5 heteroatoms. The van der Waals surface area contributed by atoms with Crippen LogP contribution in [-0.2, 0) is 13.0 Å². The summed E-state index contributed by atoms with van der Waals surface area (Å²) in [6.07, 6.45) is 1.99. The SMILES string of the molecule is CCCc1n[nH]c(=S)n1Cc1cccc(C)n1. The van der Waals surface area contributed by atoms with Crippen LogP contribution in [0.5, 0.6) is 0 Å². The van der Waals surface area contributed by atoms with E-state index in [1.165, 1.54) is 0 Å². The van der Waals surface area contributed by atoms with Crippen LogP contribution in [0.25, 0.3) is 0 Å². The summed E-state index contributed by atoms with van der Waals surface area (Å²) in [7, 11) is 0. The monoisotopic (exact) mass is 248 g/mol. The molecule has 0 fully saturated rings. The third-order valence-corrected chi connectivity index (χ3v) is 2.89. The topological polar surface area (TPSA) is 46.5 Å². The molecule has 90 valence electrons. The van der Waals surface area contributed by atoms with E-state index in [1.54, 1.807) is 0 Å². The maximum Gasteiger partial charge on any atom is 0.195 e. The van der Waals surface area contributed by atoms with Gasteiger partial charge in [0, 0.05) is 12.1 Å². The molecular formula is C12H16N4S. The summed E-state index contributed by atoms with van der Waals surface area (Å²) in [6, 6.07) is 6.02. The Bertz CT molecular complexity index is 556. The number of hydrogen-bond donors (Lipinski definition) is 1. The molecule has 2 heterocycles. The molecule has 1 N–H and O–H groups in total. The number of nitrogens with zero attached hydrogens (tertiary/aromatic N) is 3. The fourth-order valence-electron chi connectivity index (χ4n) is 1.78. The van der Waals surface area contributed by atoms with Gasteiger partial charge < -0.3 is 0 Å². The largest absolute Gasteiger partial charge is 0.298 e. The third kappa shape index (κ3) is 2.79. The summed E-state index contributed by atoms with van der Waals surface area (Å²) >= 11 is 5.24. The van der Waals surface area contributed by atoms with Crippen LogP contribution in [0.15, 0.2) is 18.2 Å². The van der Waals surface area contributed by atoms with E-state index in [4.69, 9.17) is 12.2 Å². The Balaban J connectivity index is 2.29. The molecule has 0 atom stereocenters. The predicted octanol–water partition coefficient (Wildman–Crippen LogP) is 2.64. The first-order chi connectivity index (χ1) is 8.20. The van der Waals surface area contributed by atoms with Gasteiger partial charge in [-0.15, -0.1) is 0 Å². The Morgan fingerprint density at radius 2 is 2.24 bits per heavy atom. The van der Waals surface area contributed by atoms with Gasteiger partial charge in [-0.1, -0.05) is 13.0 Å². The minimum atomic E-state index is 0.664. The van der Waals surface area contributed by atoms with Crippen molar-refractivity contribution in [2.24, 2.45) is 0 Å². The number of hydrogen-bond acceptors (Lipinski definition) is 3. The molecule has 0 bridgehead atoms. The lowest BCUT2D eigenvalue weighted by atomic mass is 10.3. The van der Waals surface area contributed by atoms with Crippen LogP contribution < -0.4 is 0 Å². The first-order valence-corrected chi connectivity index (χ1v) is 6.18. The minimum absolute atomic E-state index is 0.664. The molecule has 0 aromatic carbocycles. The number of rotatable bonds is 4. The summed E-state index contributed by atoms with van der Waals surface area (Å²) in [5, 5.41) is 7.09. The van der Waals surface area contributed by atoms with Crippen molar-refractivity contribution in [2.75, 3.05) is 0 Å². The predicted molar refractivity (Wildman–Crippen MR) is 69.5 cm³/mol. The molecular weight excluding hydrogens is 232 g/mol. The van der Waals surface area contributed by atoms with Crippen LogP contribution in [0, 0.1) is 11.7 Å². The second kappa shape index (κ2) is 5.23. The zero-order valence-electron chi connectivity index (χ0n) is 10.1. The maximum absolute atomic E-state index is 5.24. The number of nitrogens with one attached hydrogen (secondary N) is 1. The first kappa shape index (κ1) is 12.0. The zero-order valence-corrected chi connectivity index (χ0v) is 10.9. The van der Waals surface area contributed by atoms with Crippen molar-refractivity contribution in [3.63, 3.8) is 0 Å². The van der Waals surface area contributed by atoms with Crippen LogP contribution >= 0.6 is 12.2 Å². The van der Waals surface area contributed by atoms with Gasteiger partial charge in [0.25, 0.3) is 0 Å². The van der Waals surface area contributed by atoms with Crippen molar-refractivity contribution in [3.05, 3.63) is 40.2 Å². The van der Waals surface area contributed by atoms with E-state index < -0.39 is 0 Å². The van der Waals surface area contributed by atoms with E-state index in [1.807, 2.05) is 29.7 Å². The molecule has 0 spiro atoms. The van der Waals surface area contributed by atoms with Crippen molar-refractivity contribution < 1.29 is 0 Å². The van der Waals surface area contributed by atoms with Crippen molar-refractivity contribution in [1.29, 1.82) is 0 Å². The van der Waals surface area contributed by atoms with Crippen LogP contribution in [0.2, 0.25) is 0 Å². The Morgan fingerprint density at radius 3 is 2.94 bits per heavy atom. The number of aromatic amines is 1. The lowest BCUT2D eigenvalue weighted by Gasteiger charge is -2.06. The molecule has 2 aromatic rings. The first-order valence-electron chi connectivity index (χ1n) is 5.77. The Kier molecular flexibility index (Phi) is 3.68. The standard InChI is InChI=1S/C12H16N4S/c1-3-5-11-14-15-12(17)16(11)8-10-7-4-6-9(2)13-10/h4,6-7H,3,5,8H2,1-2H3,(H,15,17). The van der Waals surface area contributed by atoms with E-state index in [2.05, 4.69) is 22.1 Å². The molecule has 0 saturated carbocycles. The fraction of sp³-hybridized carbons (Fsp3) is 0.417. The number of pyridine rings is 1. The molecule has 0 unspecified atom stereocenters. The second-order valence-electron chi connectivity index (χ2n) is 4.05. The molecule has 4 nitrogen and oxygen atoms in total. The summed E-state index contributed by atoms with van der Waals surface area (Å²) in [5.74, 6) is 1.00. The van der Waals surface area contributed by atoms with E-state index in [0.717, 1.165) is 30.1 Å². The quantitative estimate of drug-likeness (QED) is 0.846. The third-order valence-electron chi connectivity index (χ3n) is 2.58. The molecule has 0 amide bonds. The van der Waals surface area contributed by atoms with Gasteiger partial charge >= 0.3 is 0 Å². The normalized spacial score (nSPS) is 10.7. The van der Waals surface area contributed by atoms with E-state index >= 15 is 0 Å². The highest BCUT2D eigenvalue weighted by atomic mass is 32.1. The van der Waals surface area contributed by atoms with Crippen LogP contribution in [0.4, 0.5) is 0 Å². The fourth-order valence-corrected chi connectivity index (χ4v) is 1.99. The molecule has 2 rings (SSSR count). The molecule has 0 aliphatic rings. The smallest absolute Gasteiger partial charge is 0.195 e. The Hall–Kier alpha value is -1.49. The van der Waals surface area contributed by atoms with Gasteiger partial charge in [0.05, 0.1) is 12.2 Å². The molecule has 17 heavy (non-hydrogen) atoms. The van der Waals surface area contributed by atoms with Crippen molar-refractivity contribution in [1.82, 2.24) is 19.7 Å². The summed E-state index contributed by atoms with van der Waals surface area (Å²) in [6.45, 7) is 4.81. The Labute approximate surface area is 106 Å². The maximum atomic E-state index is 5.24. The zero-order chi connectivity index (χ0) is 12.3. The van der Waals surface area contributed by atoms with Crippen molar-refractivity contribution in [2.45, 2.75) is 33.2 Å². The van der Waals surface area contributed by atoms with Gasteiger partial charge in [-0.05, 0) is 37.7 Å². The molecule has 0 saturated heterocycles. The number of aryl methyl sites for hydroxylation is 2. The van der Waals surface area contributed by atoms with Crippen LogP contribution in [0.1, 0.15) is 30.6 Å².